The highest BCUT2D eigenvalue weighted by atomic mass is 79.9. The molecule has 0 aromatic heterocycles. The van der Waals surface area contributed by atoms with E-state index in [2.05, 4.69) is 21.2 Å². The Morgan fingerprint density at radius 1 is 0.971 bits per heavy atom. The van der Waals surface area contributed by atoms with E-state index in [-0.39, 0.29) is 5.57 Å². The molecule has 9 heteroatoms. The van der Waals surface area contributed by atoms with Crippen molar-refractivity contribution in [3.8, 4) is 5.75 Å². The summed E-state index contributed by atoms with van der Waals surface area (Å²) in [4.78, 5) is 38.8. The first kappa shape index (κ1) is 24.0. The highest BCUT2D eigenvalue weighted by Crippen LogP contribution is 2.27. The van der Waals surface area contributed by atoms with E-state index < -0.39 is 17.8 Å². The molecule has 4 rings (SSSR count). The second kappa shape index (κ2) is 10.0. The van der Waals surface area contributed by atoms with Crippen LogP contribution in [0, 0.1) is 6.92 Å². The Bertz CT molecular complexity index is 1340. The maximum atomic E-state index is 13.0. The number of hydrogen-bond acceptors (Lipinski definition) is 4. The van der Waals surface area contributed by atoms with Crippen molar-refractivity contribution in [3.63, 3.8) is 0 Å². The number of amides is 4. The molecular formula is C25H17BrCl2N2O4. The number of halogens is 3. The average Bonchev–Trinajstić information content (AvgIpc) is 2.80. The molecule has 1 heterocycles. The minimum Gasteiger partial charge on any atom is -0.489 e. The maximum Gasteiger partial charge on any atom is 0.335 e. The van der Waals surface area contributed by atoms with E-state index in [9.17, 15) is 14.4 Å². The van der Waals surface area contributed by atoms with Crippen LogP contribution in [0.25, 0.3) is 6.08 Å². The van der Waals surface area contributed by atoms with Crippen LogP contribution < -0.4 is 15.0 Å². The molecule has 3 aromatic carbocycles. The highest BCUT2D eigenvalue weighted by Gasteiger charge is 2.36. The lowest BCUT2D eigenvalue weighted by Gasteiger charge is -2.26. The number of ether oxygens (including phenoxy) is 1. The molecule has 1 aliphatic rings. The number of nitrogens with zero attached hydrogens (tertiary/aromatic N) is 1. The van der Waals surface area contributed by atoms with Gasteiger partial charge in [0.15, 0.2) is 0 Å². The molecule has 1 fully saturated rings. The third kappa shape index (κ3) is 5.17. The number of barbiturate groups is 1. The molecule has 4 amide bonds. The van der Waals surface area contributed by atoms with Crippen LogP contribution in [-0.2, 0) is 16.2 Å². The van der Waals surface area contributed by atoms with Crippen LogP contribution in [-0.4, -0.2) is 17.8 Å². The van der Waals surface area contributed by atoms with Gasteiger partial charge in [-0.1, -0.05) is 57.3 Å². The number of nitrogens with one attached hydrogen (secondary N) is 1. The van der Waals surface area contributed by atoms with Crippen molar-refractivity contribution in [1.82, 2.24) is 5.32 Å². The van der Waals surface area contributed by atoms with Crippen molar-refractivity contribution in [1.29, 1.82) is 0 Å². The number of imide groups is 2. The Balaban J connectivity index is 1.52. The smallest absolute Gasteiger partial charge is 0.335 e. The predicted molar refractivity (Wildman–Crippen MR) is 135 cm³/mol. The van der Waals surface area contributed by atoms with Gasteiger partial charge in [0.2, 0.25) is 0 Å². The molecule has 0 saturated carbocycles. The summed E-state index contributed by atoms with van der Waals surface area (Å²) in [5.74, 6) is -0.856. The zero-order valence-electron chi connectivity index (χ0n) is 17.8. The summed E-state index contributed by atoms with van der Waals surface area (Å²) in [7, 11) is 0. The van der Waals surface area contributed by atoms with Gasteiger partial charge in [-0.05, 0) is 72.2 Å². The van der Waals surface area contributed by atoms with Gasteiger partial charge in [0.25, 0.3) is 11.8 Å². The van der Waals surface area contributed by atoms with Crippen LogP contribution in [0.1, 0.15) is 16.7 Å². The van der Waals surface area contributed by atoms with Crippen molar-refractivity contribution < 1.29 is 19.1 Å². The summed E-state index contributed by atoms with van der Waals surface area (Å²) in [5.41, 5.74) is 2.52. The van der Waals surface area contributed by atoms with E-state index in [4.69, 9.17) is 27.9 Å². The molecule has 3 aromatic rings. The predicted octanol–water partition coefficient (Wildman–Crippen LogP) is 6.31. The summed E-state index contributed by atoms with van der Waals surface area (Å²) in [5, 5.41) is 3.15. The lowest BCUT2D eigenvalue weighted by Crippen LogP contribution is -2.54. The number of carbonyl (C=O) groups excluding carboxylic acids is 3. The fourth-order valence-electron chi connectivity index (χ4n) is 3.28. The fraction of sp³-hybridized carbons (Fsp3) is 0.0800. The van der Waals surface area contributed by atoms with Crippen molar-refractivity contribution in [2.75, 3.05) is 4.90 Å². The average molecular weight is 560 g/mol. The van der Waals surface area contributed by atoms with E-state index in [1.54, 1.807) is 54.6 Å². The summed E-state index contributed by atoms with van der Waals surface area (Å²) in [6, 6.07) is 16.4. The van der Waals surface area contributed by atoms with E-state index in [1.165, 1.54) is 6.08 Å². The number of rotatable bonds is 5. The third-order valence-electron chi connectivity index (χ3n) is 5.08. The summed E-state index contributed by atoms with van der Waals surface area (Å²) >= 11 is 15.3. The molecule has 1 saturated heterocycles. The number of carbonyl (C=O) groups is 3. The van der Waals surface area contributed by atoms with Crippen molar-refractivity contribution in [2.24, 2.45) is 0 Å². The largest absolute Gasteiger partial charge is 0.489 e. The van der Waals surface area contributed by atoms with Gasteiger partial charge in [-0.15, -0.1) is 0 Å². The fourth-order valence-corrected chi connectivity index (χ4v) is 3.85. The first-order valence-corrected chi connectivity index (χ1v) is 11.6. The second-order valence-corrected chi connectivity index (χ2v) is 9.17. The minimum atomic E-state index is -0.792. The lowest BCUT2D eigenvalue weighted by molar-refractivity contribution is -0.122. The van der Waals surface area contributed by atoms with Gasteiger partial charge in [-0.25, -0.2) is 9.69 Å². The molecule has 172 valence electrons. The molecule has 6 nitrogen and oxygen atoms in total. The lowest BCUT2D eigenvalue weighted by atomic mass is 10.1. The van der Waals surface area contributed by atoms with Gasteiger partial charge < -0.3 is 4.74 Å². The van der Waals surface area contributed by atoms with E-state index in [0.29, 0.717) is 33.7 Å². The number of hydrogen-bond donors (Lipinski definition) is 1. The van der Waals surface area contributed by atoms with Crippen LogP contribution in [0.5, 0.6) is 5.75 Å². The Morgan fingerprint density at radius 3 is 2.38 bits per heavy atom. The molecule has 0 aliphatic carbocycles. The number of anilines is 1. The zero-order chi connectivity index (χ0) is 24.4. The van der Waals surface area contributed by atoms with Crippen molar-refractivity contribution >= 4 is 68.7 Å². The minimum absolute atomic E-state index is 0.148. The number of benzene rings is 3. The first-order chi connectivity index (χ1) is 16.2. The van der Waals surface area contributed by atoms with Crippen LogP contribution in [0.4, 0.5) is 10.5 Å². The Kier molecular flexibility index (Phi) is 7.07. The van der Waals surface area contributed by atoms with Crippen molar-refractivity contribution in [2.45, 2.75) is 13.5 Å². The highest BCUT2D eigenvalue weighted by molar-refractivity contribution is 9.10. The van der Waals surface area contributed by atoms with Gasteiger partial charge in [0.05, 0.1) is 15.7 Å². The van der Waals surface area contributed by atoms with Crippen LogP contribution in [0.2, 0.25) is 10.0 Å². The molecule has 0 radical (unpaired) electrons. The Morgan fingerprint density at radius 2 is 1.71 bits per heavy atom. The first-order valence-electron chi connectivity index (χ1n) is 10.1. The number of urea groups is 1. The van der Waals surface area contributed by atoms with Gasteiger partial charge in [0.1, 0.15) is 17.9 Å². The molecule has 1 N–H and O–H groups in total. The van der Waals surface area contributed by atoms with Crippen LogP contribution in [0.15, 0.2) is 70.7 Å². The quantitative estimate of drug-likeness (QED) is 0.293. The van der Waals surface area contributed by atoms with Gasteiger partial charge in [0, 0.05) is 4.47 Å². The number of aryl methyl sites for hydroxylation is 1. The van der Waals surface area contributed by atoms with E-state index in [1.807, 2.05) is 13.0 Å². The molecule has 0 unspecified atom stereocenters. The summed E-state index contributed by atoms with van der Waals surface area (Å²) < 4.78 is 6.60. The van der Waals surface area contributed by atoms with Crippen molar-refractivity contribution in [3.05, 3.63) is 97.4 Å². The zero-order valence-corrected chi connectivity index (χ0v) is 20.9. The van der Waals surface area contributed by atoms with Gasteiger partial charge in [-0.2, -0.15) is 0 Å². The van der Waals surface area contributed by atoms with Crippen LogP contribution >= 0.6 is 39.1 Å². The summed E-state index contributed by atoms with van der Waals surface area (Å²) in [6.07, 6.45) is 1.44. The Labute approximate surface area is 214 Å². The summed E-state index contributed by atoms with van der Waals surface area (Å²) in [6.45, 7) is 2.13. The topological polar surface area (TPSA) is 75.7 Å². The molecule has 0 spiro atoms. The molecule has 34 heavy (non-hydrogen) atoms. The standard InChI is InChI=1S/C25H17BrCl2N2O4/c1-14-10-17(5-8-20(14)26)30-24(32)19(23(31)29-25(30)33)11-15-2-6-18(7-3-15)34-13-16-4-9-21(27)22(28)12-16/h2-12H,13H2,1H3,(H,29,31,33)/b19-11+. The molecule has 0 atom stereocenters. The molecule has 1 aliphatic heterocycles. The molecular weight excluding hydrogens is 543 g/mol. The van der Waals surface area contributed by atoms with Gasteiger partial charge in [-0.3, -0.25) is 14.9 Å². The van der Waals surface area contributed by atoms with Gasteiger partial charge >= 0.3 is 6.03 Å². The van der Waals surface area contributed by atoms with E-state index >= 15 is 0 Å². The van der Waals surface area contributed by atoms with Crippen LogP contribution in [0.3, 0.4) is 0 Å². The molecule has 0 bridgehead atoms. The normalized spacial score (nSPS) is 15.0. The third-order valence-corrected chi connectivity index (χ3v) is 6.71. The SMILES string of the molecule is Cc1cc(N2C(=O)NC(=O)/C(=C\c3ccc(OCc4ccc(Cl)c(Cl)c4)cc3)C2=O)ccc1Br. The monoisotopic (exact) mass is 558 g/mol. The second-order valence-electron chi connectivity index (χ2n) is 7.50. The Hall–Kier alpha value is -3.13. The van der Waals surface area contributed by atoms with E-state index in [0.717, 1.165) is 20.5 Å². The maximum absolute atomic E-state index is 13.0.